The number of carbonyl (C=O) groups is 1. The second-order valence-electron chi connectivity index (χ2n) is 9.18. The van der Waals surface area contributed by atoms with Crippen molar-refractivity contribution < 1.29 is 9.90 Å². The van der Waals surface area contributed by atoms with Crippen molar-refractivity contribution in [1.82, 2.24) is 4.90 Å². The number of piperidine rings is 1. The summed E-state index contributed by atoms with van der Waals surface area (Å²) in [5.74, 6) is 1.19. The van der Waals surface area contributed by atoms with Crippen molar-refractivity contribution in [1.29, 1.82) is 0 Å². The van der Waals surface area contributed by atoms with Gasteiger partial charge in [-0.25, -0.2) is 0 Å². The number of fused-ring (bicyclic) bond motifs is 1. The molecule has 1 amide bonds. The van der Waals surface area contributed by atoms with E-state index in [2.05, 4.69) is 11.0 Å². The SMILES string of the molecule is NC(=O)c1ccc2c(c1O)C13CCCCC1C(C2)N(CC1CCC1)CC3. The van der Waals surface area contributed by atoms with E-state index in [4.69, 9.17) is 5.73 Å². The van der Waals surface area contributed by atoms with Gasteiger partial charge in [-0.05, 0) is 68.5 Å². The first kappa shape index (κ1) is 16.6. The molecule has 4 aliphatic rings. The Kier molecular flexibility index (Phi) is 3.82. The second-order valence-corrected chi connectivity index (χ2v) is 9.18. The lowest BCUT2D eigenvalue weighted by molar-refractivity contribution is -0.0250. The van der Waals surface area contributed by atoms with E-state index in [0.717, 1.165) is 37.3 Å². The molecule has 4 nitrogen and oxygen atoms in total. The molecule has 140 valence electrons. The van der Waals surface area contributed by atoms with Crippen LogP contribution in [0.2, 0.25) is 0 Å². The van der Waals surface area contributed by atoms with Crippen molar-refractivity contribution in [3.63, 3.8) is 0 Å². The molecule has 1 aliphatic heterocycles. The molecule has 0 aromatic heterocycles. The van der Waals surface area contributed by atoms with Gasteiger partial charge in [-0.3, -0.25) is 9.69 Å². The number of phenols is 1. The van der Waals surface area contributed by atoms with Crippen molar-refractivity contribution in [3.05, 3.63) is 28.8 Å². The van der Waals surface area contributed by atoms with Gasteiger partial charge in [-0.1, -0.05) is 25.3 Å². The lowest BCUT2D eigenvalue weighted by atomic mass is 9.52. The Morgan fingerprint density at radius 1 is 1.19 bits per heavy atom. The number of aromatic hydroxyl groups is 1. The number of hydrogen-bond acceptors (Lipinski definition) is 3. The van der Waals surface area contributed by atoms with Gasteiger partial charge in [0.05, 0.1) is 5.56 Å². The lowest BCUT2D eigenvalue weighted by Crippen LogP contribution is -2.61. The maximum atomic E-state index is 11.8. The fourth-order valence-corrected chi connectivity index (χ4v) is 6.62. The van der Waals surface area contributed by atoms with Crippen LogP contribution in [0.3, 0.4) is 0 Å². The molecule has 26 heavy (non-hydrogen) atoms. The Morgan fingerprint density at radius 2 is 2.04 bits per heavy atom. The third kappa shape index (κ3) is 2.27. The van der Waals surface area contributed by atoms with Gasteiger partial charge >= 0.3 is 0 Å². The molecule has 1 aromatic rings. The Bertz CT molecular complexity index is 742. The molecule has 0 radical (unpaired) electrons. The van der Waals surface area contributed by atoms with Gasteiger partial charge in [-0.2, -0.15) is 0 Å². The predicted octanol–water partition coefficient (Wildman–Crippen LogP) is 3.35. The molecule has 0 spiro atoms. The van der Waals surface area contributed by atoms with Crippen LogP contribution in [-0.2, 0) is 11.8 Å². The van der Waals surface area contributed by atoms with E-state index in [9.17, 15) is 9.90 Å². The minimum Gasteiger partial charge on any atom is -0.507 e. The maximum Gasteiger partial charge on any atom is 0.252 e. The van der Waals surface area contributed by atoms with E-state index in [-0.39, 0.29) is 11.2 Å². The summed E-state index contributed by atoms with van der Waals surface area (Å²) in [4.78, 5) is 14.6. The van der Waals surface area contributed by atoms with Crippen LogP contribution in [0.4, 0.5) is 0 Å². The first-order chi connectivity index (χ1) is 12.6. The average molecular weight is 354 g/mol. The minimum atomic E-state index is -0.515. The summed E-state index contributed by atoms with van der Waals surface area (Å²) in [7, 11) is 0. The van der Waals surface area contributed by atoms with Crippen LogP contribution in [-0.4, -0.2) is 35.0 Å². The fraction of sp³-hybridized carbons (Fsp3) is 0.682. The van der Waals surface area contributed by atoms with Crippen LogP contribution in [0.5, 0.6) is 5.75 Å². The van der Waals surface area contributed by atoms with Gasteiger partial charge in [-0.15, -0.1) is 0 Å². The summed E-state index contributed by atoms with van der Waals surface area (Å²) in [6.45, 7) is 2.40. The number of nitrogens with two attached hydrogens (primary N) is 1. The topological polar surface area (TPSA) is 66.6 Å². The summed E-state index contributed by atoms with van der Waals surface area (Å²) in [6.07, 6.45) is 11.3. The molecule has 1 heterocycles. The summed E-state index contributed by atoms with van der Waals surface area (Å²) < 4.78 is 0. The standard InChI is InChI=1S/C22H30N2O2/c23-21(26)16-8-7-15-12-18-17-6-1-2-9-22(17,19(15)20(16)25)10-11-24(18)13-14-4-3-5-14/h7-8,14,17-18,25H,1-6,9-13H2,(H2,23,26). The number of amides is 1. The van der Waals surface area contributed by atoms with Crippen molar-refractivity contribution in [2.45, 2.75) is 69.2 Å². The van der Waals surface area contributed by atoms with Gasteiger partial charge in [0.2, 0.25) is 0 Å². The van der Waals surface area contributed by atoms with Gasteiger partial charge in [0.1, 0.15) is 5.75 Å². The molecule has 1 aromatic carbocycles. The first-order valence-electron chi connectivity index (χ1n) is 10.5. The van der Waals surface area contributed by atoms with Crippen molar-refractivity contribution in [3.8, 4) is 5.75 Å². The normalized spacial score (nSPS) is 33.8. The van der Waals surface area contributed by atoms with Crippen molar-refractivity contribution in [2.24, 2.45) is 17.6 Å². The molecule has 3 aliphatic carbocycles. The van der Waals surface area contributed by atoms with Crippen LogP contribution in [0, 0.1) is 11.8 Å². The number of primary amides is 1. The molecular weight excluding hydrogens is 324 g/mol. The molecule has 3 fully saturated rings. The molecule has 3 atom stereocenters. The number of carbonyl (C=O) groups excluding carboxylic acids is 1. The van der Waals surface area contributed by atoms with Crippen molar-refractivity contribution >= 4 is 5.91 Å². The fourth-order valence-electron chi connectivity index (χ4n) is 6.62. The highest BCUT2D eigenvalue weighted by Gasteiger charge is 2.55. The zero-order valence-electron chi connectivity index (χ0n) is 15.5. The highest BCUT2D eigenvalue weighted by Crippen LogP contribution is 2.58. The molecule has 4 heteroatoms. The molecule has 3 unspecified atom stereocenters. The van der Waals surface area contributed by atoms with E-state index in [1.54, 1.807) is 6.07 Å². The van der Waals surface area contributed by atoms with E-state index in [1.807, 2.05) is 0 Å². The quantitative estimate of drug-likeness (QED) is 0.875. The van der Waals surface area contributed by atoms with Crippen LogP contribution in [0.25, 0.3) is 0 Å². The largest absolute Gasteiger partial charge is 0.507 e. The molecule has 2 saturated carbocycles. The minimum absolute atomic E-state index is 0.0577. The predicted molar refractivity (Wildman–Crippen MR) is 101 cm³/mol. The Morgan fingerprint density at radius 3 is 2.77 bits per heavy atom. The lowest BCUT2D eigenvalue weighted by Gasteiger charge is -2.59. The molecular formula is C22H30N2O2. The monoisotopic (exact) mass is 354 g/mol. The van der Waals surface area contributed by atoms with Crippen molar-refractivity contribution in [2.75, 3.05) is 13.1 Å². The number of benzene rings is 1. The Hall–Kier alpha value is -1.55. The highest BCUT2D eigenvalue weighted by atomic mass is 16.3. The van der Waals surface area contributed by atoms with Gasteiger partial charge < -0.3 is 10.8 Å². The van der Waals surface area contributed by atoms with E-state index >= 15 is 0 Å². The summed E-state index contributed by atoms with van der Waals surface area (Å²) in [5.41, 5.74) is 8.23. The number of hydrogen-bond donors (Lipinski definition) is 2. The van der Waals surface area contributed by atoms with Crippen LogP contribution in [0.15, 0.2) is 12.1 Å². The number of likely N-dealkylation sites (tertiary alicyclic amines) is 1. The second kappa shape index (κ2) is 5.98. The Balaban J connectivity index is 1.58. The number of nitrogens with zero attached hydrogens (tertiary/aromatic N) is 1. The summed E-state index contributed by atoms with van der Waals surface area (Å²) >= 11 is 0. The van der Waals surface area contributed by atoms with Gasteiger partial charge in [0, 0.05) is 23.6 Å². The Labute approximate surface area is 155 Å². The van der Waals surface area contributed by atoms with Gasteiger partial charge in [0.15, 0.2) is 0 Å². The van der Waals surface area contributed by atoms with E-state index in [0.29, 0.717) is 17.5 Å². The molecule has 2 bridgehead atoms. The zero-order valence-corrected chi connectivity index (χ0v) is 15.5. The van der Waals surface area contributed by atoms with Gasteiger partial charge in [0.25, 0.3) is 5.91 Å². The summed E-state index contributed by atoms with van der Waals surface area (Å²) in [6, 6.07) is 4.42. The third-order valence-corrected chi connectivity index (χ3v) is 8.05. The number of rotatable bonds is 3. The maximum absolute atomic E-state index is 11.8. The molecule has 3 N–H and O–H groups in total. The van der Waals surface area contributed by atoms with Crippen LogP contribution < -0.4 is 5.73 Å². The third-order valence-electron chi connectivity index (χ3n) is 8.05. The smallest absolute Gasteiger partial charge is 0.252 e. The van der Waals surface area contributed by atoms with Crippen LogP contribution in [0.1, 0.15) is 72.9 Å². The van der Waals surface area contributed by atoms with Crippen LogP contribution >= 0.6 is 0 Å². The summed E-state index contributed by atoms with van der Waals surface area (Å²) in [5, 5.41) is 11.0. The first-order valence-corrected chi connectivity index (χ1v) is 10.5. The highest BCUT2D eigenvalue weighted by molar-refractivity contribution is 5.96. The van der Waals surface area contributed by atoms with E-state index in [1.165, 1.54) is 50.6 Å². The van der Waals surface area contributed by atoms with E-state index < -0.39 is 5.91 Å². The average Bonchev–Trinajstić information content (AvgIpc) is 2.59. The zero-order chi connectivity index (χ0) is 17.9. The molecule has 1 saturated heterocycles. The molecule has 5 rings (SSSR count).